The highest BCUT2D eigenvalue weighted by atomic mass is 79.9. The van der Waals surface area contributed by atoms with E-state index in [4.69, 9.17) is 17.0 Å². The lowest BCUT2D eigenvalue weighted by Crippen LogP contribution is -2.10. The van der Waals surface area contributed by atoms with Crippen LogP contribution < -0.4 is 10.3 Å². The zero-order valence-corrected chi connectivity index (χ0v) is 18.1. The highest BCUT2D eigenvalue weighted by Gasteiger charge is 2.09. The second-order valence-electron chi connectivity index (χ2n) is 5.33. The van der Waals surface area contributed by atoms with E-state index >= 15 is 0 Å². The molecule has 27 heavy (non-hydrogen) atoms. The van der Waals surface area contributed by atoms with E-state index in [1.807, 2.05) is 31.2 Å². The average Bonchev–Trinajstić information content (AvgIpc) is 3.01. The molecule has 0 aliphatic heterocycles. The standard InChI is InChI=1S/C17H15Br2N5O2S/c1-2-26-13-5-3-10(4-6-13)16-21-22-17(27)24(16)23-20-9-11-7-12(18)8-14(19)15(11)25/h3-9,23,25H,2H2,1H3,(H,22,27). The van der Waals surface area contributed by atoms with Gasteiger partial charge in [0.1, 0.15) is 11.5 Å². The van der Waals surface area contributed by atoms with Crippen LogP contribution in [0.15, 0.2) is 50.4 Å². The van der Waals surface area contributed by atoms with Gasteiger partial charge in [-0.15, -0.1) is 0 Å². The van der Waals surface area contributed by atoms with Crippen LogP contribution in [0.1, 0.15) is 12.5 Å². The number of aromatic hydroxyl groups is 1. The Labute approximate surface area is 177 Å². The summed E-state index contributed by atoms with van der Waals surface area (Å²) in [5.41, 5.74) is 4.19. The van der Waals surface area contributed by atoms with Crippen molar-refractivity contribution in [2.24, 2.45) is 5.10 Å². The number of halogens is 2. The Kier molecular flexibility index (Phi) is 6.30. The highest BCUT2D eigenvalue weighted by Crippen LogP contribution is 2.30. The number of phenols is 1. The minimum absolute atomic E-state index is 0.0891. The number of hydrazone groups is 1. The molecule has 0 spiro atoms. The van der Waals surface area contributed by atoms with Crippen LogP contribution in [-0.4, -0.2) is 32.8 Å². The van der Waals surface area contributed by atoms with Crippen molar-refractivity contribution in [3.05, 3.63) is 55.7 Å². The van der Waals surface area contributed by atoms with Gasteiger partial charge in [0.25, 0.3) is 0 Å². The summed E-state index contributed by atoms with van der Waals surface area (Å²) in [7, 11) is 0. The molecule has 3 aromatic rings. The molecule has 7 nitrogen and oxygen atoms in total. The first-order valence-electron chi connectivity index (χ1n) is 7.87. The first-order chi connectivity index (χ1) is 13.0. The smallest absolute Gasteiger partial charge is 0.216 e. The lowest BCUT2D eigenvalue weighted by molar-refractivity contribution is 0.340. The minimum Gasteiger partial charge on any atom is -0.506 e. The van der Waals surface area contributed by atoms with E-state index < -0.39 is 0 Å². The van der Waals surface area contributed by atoms with Crippen LogP contribution in [0.4, 0.5) is 0 Å². The molecule has 0 bridgehead atoms. The molecule has 1 aromatic heterocycles. The molecular formula is C17H15Br2N5O2S. The number of rotatable bonds is 6. The molecule has 10 heteroatoms. The Morgan fingerprint density at radius 3 is 2.78 bits per heavy atom. The van der Waals surface area contributed by atoms with Gasteiger partial charge in [0.15, 0.2) is 5.82 Å². The normalized spacial score (nSPS) is 11.1. The van der Waals surface area contributed by atoms with E-state index in [0.29, 0.717) is 27.2 Å². The fourth-order valence-electron chi connectivity index (χ4n) is 2.29. The monoisotopic (exact) mass is 511 g/mol. The van der Waals surface area contributed by atoms with Crippen LogP contribution in [0.25, 0.3) is 11.4 Å². The number of hydrogen-bond acceptors (Lipinski definition) is 6. The summed E-state index contributed by atoms with van der Waals surface area (Å²) in [5.74, 6) is 1.44. The summed E-state index contributed by atoms with van der Waals surface area (Å²) in [4.78, 5) is 0. The number of hydrogen-bond donors (Lipinski definition) is 3. The molecule has 0 unspecified atom stereocenters. The molecule has 3 rings (SSSR count). The number of aromatic amines is 1. The Hall–Kier alpha value is -2.17. The van der Waals surface area contributed by atoms with Crippen LogP contribution in [-0.2, 0) is 0 Å². The van der Waals surface area contributed by atoms with Crippen molar-refractivity contribution in [2.45, 2.75) is 6.92 Å². The maximum atomic E-state index is 10.1. The van der Waals surface area contributed by atoms with Gasteiger partial charge in [0, 0.05) is 15.6 Å². The maximum absolute atomic E-state index is 10.1. The number of nitrogens with one attached hydrogen (secondary N) is 2. The molecule has 140 valence electrons. The molecule has 3 N–H and O–H groups in total. The third-order valence-corrected chi connectivity index (χ3v) is 4.85. The Morgan fingerprint density at radius 1 is 1.33 bits per heavy atom. The molecule has 0 aliphatic carbocycles. The summed E-state index contributed by atoms with van der Waals surface area (Å²) in [6.45, 7) is 2.54. The predicted octanol–water partition coefficient (Wildman–Crippen LogP) is 4.81. The van der Waals surface area contributed by atoms with E-state index in [-0.39, 0.29) is 5.75 Å². The van der Waals surface area contributed by atoms with Crippen LogP contribution in [0, 0.1) is 4.77 Å². The van der Waals surface area contributed by atoms with Crippen molar-refractivity contribution in [1.82, 2.24) is 14.9 Å². The van der Waals surface area contributed by atoms with Gasteiger partial charge in [-0.25, -0.2) is 10.6 Å². The van der Waals surface area contributed by atoms with Gasteiger partial charge in [-0.1, -0.05) is 15.9 Å². The Bertz CT molecular complexity index is 1030. The molecule has 1 heterocycles. The van der Waals surface area contributed by atoms with E-state index in [1.54, 1.807) is 12.1 Å². The molecule has 0 atom stereocenters. The SMILES string of the molecule is CCOc1ccc(-c2n[nH]c(=S)n2NN=Cc2cc(Br)cc(Br)c2O)cc1. The van der Waals surface area contributed by atoms with Crippen molar-refractivity contribution in [3.63, 3.8) is 0 Å². The first kappa shape index (κ1) is 19.6. The third kappa shape index (κ3) is 4.57. The first-order valence-corrected chi connectivity index (χ1v) is 9.86. The number of H-pyrrole nitrogens is 1. The Balaban J connectivity index is 1.84. The van der Waals surface area contributed by atoms with E-state index in [2.05, 4.69) is 52.7 Å². The fourth-order valence-corrected chi connectivity index (χ4v) is 3.72. The number of benzene rings is 2. The summed E-state index contributed by atoms with van der Waals surface area (Å²) in [6, 6.07) is 11.0. The van der Waals surface area contributed by atoms with E-state index in [9.17, 15) is 5.11 Å². The van der Waals surface area contributed by atoms with Gasteiger partial charge >= 0.3 is 0 Å². The largest absolute Gasteiger partial charge is 0.506 e. The quantitative estimate of drug-likeness (QED) is 0.250. The molecule has 0 amide bonds. The van der Waals surface area contributed by atoms with Crippen molar-refractivity contribution >= 4 is 50.3 Å². The second kappa shape index (κ2) is 8.68. The van der Waals surface area contributed by atoms with E-state index in [1.165, 1.54) is 10.9 Å². The van der Waals surface area contributed by atoms with Crippen molar-refractivity contribution in [1.29, 1.82) is 0 Å². The van der Waals surface area contributed by atoms with Crippen LogP contribution in [0.5, 0.6) is 11.5 Å². The van der Waals surface area contributed by atoms with Gasteiger partial charge in [-0.05, 0) is 71.5 Å². The van der Waals surface area contributed by atoms with E-state index in [0.717, 1.165) is 15.8 Å². The third-order valence-electron chi connectivity index (χ3n) is 3.51. The lowest BCUT2D eigenvalue weighted by Gasteiger charge is -2.07. The zero-order chi connectivity index (χ0) is 19.4. The lowest BCUT2D eigenvalue weighted by atomic mass is 10.2. The van der Waals surface area contributed by atoms with Gasteiger partial charge < -0.3 is 9.84 Å². The molecule has 0 radical (unpaired) electrons. The number of aromatic nitrogens is 3. The summed E-state index contributed by atoms with van der Waals surface area (Å²) < 4.78 is 8.71. The van der Waals surface area contributed by atoms with Crippen molar-refractivity contribution in [2.75, 3.05) is 12.1 Å². The molecule has 0 aliphatic rings. The molecule has 2 aromatic carbocycles. The zero-order valence-electron chi connectivity index (χ0n) is 14.1. The van der Waals surface area contributed by atoms with Crippen LogP contribution in [0.3, 0.4) is 0 Å². The highest BCUT2D eigenvalue weighted by molar-refractivity contribution is 9.11. The number of nitrogens with zero attached hydrogens (tertiary/aromatic N) is 3. The Morgan fingerprint density at radius 2 is 2.07 bits per heavy atom. The molecular weight excluding hydrogens is 498 g/mol. The number of ether oxygens (including phenoxy) is 1. The van der Waals surface area contributed by atoms with Gasteiger partial charge in [0.2, 0.25) is 4.77 Å². The maximum Gasteiger partial charge on any atom is 0.216 e. The fraction of sp³-hybridized carbons (Fsp3) is 0.118. The number of phenolic OH excluding ortho intramolecular Hbond substituents is 1. The summed E-state index contributed by atoms with van der Waals surface area (Å²) in [6.07, 6.45) is 1.49. The average molecular weight is 513 g/mol. The van der Waals surface area contributed by atoms with Crippen LogP contribution >= 0.6 is 44.1 Å². The summed E-state index contributed by atoms with van der Waals surface area (Å²) >= 11 is 11.9. The topological polar surface area (TPSA) is 87.5 Å². The predicted molar refractivity (Wildman–Crippen MR) is 114 cm³/mol. The summed E-state index contributed by atoms with van der Waals surface area (Å²) in [5, 5.41) is 21.2. The van der Waals surface area contributed by atoms with Crippen molar-refractivity contribution < 1.29 is 9.84 Å². The van der Waals surface area contributed by atoms with Gasteiger partial charge in [-0.3, -0.25) is 0 Å². The molecule has 0 saturated heterocycles. The van der Waals surface area contributed by atoms with Gasteiger partial charge in [-0.2, -0.15) is 14.9 Å². The van der Waals surface area contributed by atoms with Crippen LogP contribution in [0.2, 0.25) is 0 Å². The van der Waals surface area contributed by atoms with Crippen molar-refractivity contribution in [3.8, 4) is 22.9 Å². The molecule has 0 fully saturated rings. The molecule has 0 saturated carbocycles. The minimum atomic E-state index is 0.0891. The second-order valence-corrected chi connectivity index (χ2v) is 7.49. The van der Waals surface area contributed by atoms with Gasteiger partial charge in [0.05, 0.1) is 17.3 Å².